The molecule has 0 saturated heterocycles. The van der Waals surface area contributed by atoms with Crippen LogP contribution in [0.4, 0.5) is 5.69 Å². The fourth-order valence-corrected chi connectivity index (χ4v) is 2.49. The van der Waals surface area contributed by atoms with Gasteiger partial charge >= 0.3 is 0 Å². The highest BCUT2D eigenvalue weighted by Crippen LogP contribution is 2.32. The first-order valence-electron chi connectivity index (χ1n) is 7.23. The standard InChI is InChI=1S/C20H17NO/c1-15-14-16(20(22)19-12-6-5-11-18(15)19)8-7-13-21-17-9-3-2-4-10-17/h2-14,22H,1H3. The van der Waals surface area contributed by atoms with Crippen LogP contribution in [0.2, 0.25) is 0 Å². The number of nitrogens with zero attached hydrogens (tertiary/aromatic N) is 1. The van der Waals surface area contributed by atoms with Crippen molar-refractivity contribution in [2.24, 2.45) is 4.99 Å². The van der Waals surface area contributed by atoms with Crippen molar-refractivity contribution in [1.29, 1.82) is 0 Å². The van der Waals surface area contributed by atoms with Crippen molar-refractivity contribution in [2.45, 2.75) is 6.92 Å². The van der Waals surface area contributed by atoms with Gasteiger partial charge in [-0.05, 0) is 48.2 Å². The van der Waals surface area contributed by atoms with E-state index in [9.17, 15) is 5.11 Å². The maximum absolute atomic E-state index is 10.4. The van der Waals surface area contributed by atoms with Crippen molar-refractivity contribution in [1.82, 2.24) is 0 Å². The second kappa shape index (κ2) is 6.27. The average molecular weight is 287 g/mol. The Balaban J connectivity index is 1.89. The summed E-state index contributed by atoms with van der Waals surface area (Å²) in [5, 5.41) is 12.4. The van der Waals surface area contributed by atoms with Crippen LogP contribution in [0.5, 0.6) is 5.75 Å². The zero-order chi connectivity index (χ0) is 15.4. The van der Waals surface area contributed by atoms with Crippen molar-refractivity contribution >= 4 is 28.8 Å². The van der Waals surface area contributed by atoms with Crippen LogP contribution in [0.1, 0.15) is 11.1 Å². The van der Waals surface area contributed by atoms with E-state index >= 15 is 0 Å². The summed E-state index contributed by atoms with van der Waals surface area (Å²) in [6, 6.07) is 19.6. The van der Waals surface area contributed by atoms with E-state index in [0.29, 0.717) is 5.75 Å². The first-order chi connectivity index (χ1) is 10.8. The van der Waals surface area contributed by atoms with Crippen molar-refractivity contribution in [3.05, 3.63) is 77.9 Å². The van der Waals surface area contributed by atoms with Gasteiger partial charge < -0.3 is 5.11 Å². The summed E-state index contributed by atoms with van der Waals surface area (Å²) in [7, 11) is 0. The molecule has 1 N–H and O–H groups in total. The molecule has 3 rings (SSSR count). The number of phenols is 1. The molecule has 2 heteroatoms. The molecule has 0 unspecified atom stereocenters. The van der Waals surface area contributed by atoms with Gasteiger partial charge in [-0.1, -0.05) is 42.5 Å². The first-order valence-corrected chi connectivity index (χ1v) is 7.23. The lowest BCUT2D eigenvalue weighted by atomic mass is 10.00. The van der Waals surface area contributed by atoms with Crippen molar-refractivity contribution < 1.29 is 5.11 Å². The van der Waals surface area contributed by atoms with Gasteiger partial charge in [0.2, 0.25) is 0 Å². The fourth-order valence-electron chi connectivity index (χ4n) is 2.49. The maximum atomic E-state index is 10.4. The lowest BCUT2D eigenvalue weighted by molar-refractivity contribution is 0.480. The minimum atomic E-state index is 0.311. The molecule has 0 radical (unpaired) electrons. The van der Waals surface area contributed by atoms with Crippen LogP contribution in [0.15, 0.2) is 71.7 Å². The lowest BCUT2D eigenvalue weighted by Crippen LogP contribution is -1.84. The smallest absolute Gasteiger partial charge is 0.130 e. The van der Waals surface area contributed by atoms with Gasteiger partial charge in [0.25, 0.3) is 0 Å². The summed E-state index contributed by atoms with van der Waals surface area (Å²) in [5.74, 6) is 0.311. The summed E-state index contributed by atoms with van der Waals surface area (Å²) in [4.78, 5) is 4.34. The molecule has 22 heavy (non-hydrogen) atoms. The highest BCUT2D eigenvalue weighted by atomic mass is 16.3. The fraction of sp³-hybridized carbons (Fsp3) is 0.0500. The molecule has 0 saturated carbocycles. The van der Waals surface area contributed by atoms with Crippen LogP contribution < -0.4 is 0 Å². The van der Waals surface area contributed by atoms with Crippen molar-refractivity contribution in [3.63, 3.8) is 0 Å². The Morgan fingerprint density at radius 1 is 0.909 bits per heavy atom. The summed E-state index contributed by atoms with van der Waals surface area (Å²) in [6.45, 7) is 2.05. The summed E-state index contributed by atoms with van der Waals surface area (Å²) in [5.41, 5.74) is 2.86. The van der Waals surface area contributed by atoms with Gasteiger partial charge in [0.05, 0.1) is 5.69 Å². The van der Waals surface area contributed by atoms with E-state index in [0.717, 1.165) is 27.6 Å². The molecule has 0 heterocycles. The predicted molar refractivity (Wildman–Crippen MR) is 94.0 cm³/mol. The lowest BCUT2D eigenvalue weighted by Gasteiger charge is -2.07. The molecule has 0 fully saturated rings. The molecular weight excluding hydrogens is 270 g/mol. The minimum absolute atomic E-state index is 0.311. The van der Waals surface area contributed by atoms with E-state index < -0.39 is 0 Å². The van der Waals surface area contributed by atoms with E-state index in [2.05, 4.69) is 11.9 Å². The molecule has 108 valence electrons. The van der Waals surface area contributed by atoms with Gasteiger partial charge in [-0.25, -0.2) is 0 Å². The van der Waals surface area contributed by atoms with E-state index in [1.807, 2.05) is 72.8 Å². The number of aryl methyl sites for hydroxylation is 1. The Morgan fingerprint density at radius 2 is 1.59 bits per heavy atom. The largest absolute Gasteiger partial charge is 0.507 e. The van der Waals surface area contributed by atoms with Gasteiger partial charge in [-0.3, -0.25) is 4.99 Å². The Hall–Kier alpha value is -2.87. The second-order valence-electron chi connectivity index (χ2n) is 5.15. The molecular formula is C20H17NO. The Morgan fingerprint density at radius 3 is 2.36 bits per heavy atom. The van der Waals surface area contributed by atoms with Crippen LogP contribution in [-0.2, 0) is 0 Å². The topological polar surface area (TPSA) is 32.6 Å². The molecule has 0 aliphatic rings. The number of allylic oxidation sites excluding steroid dienone is 1. The van der Waals surface area contributed by atoms with Crippen LogP contribution in [0.3, 0.4) is 0 Å². The van der Waals surface area contributed by atoms with Crippen LogP contribution in [-0.4, -0.2) is 11.3 Å². The number of hydrogen-bond donors (Lipinski definition) is 1. The monoisotopic (exact) mass is 287 g/mol. The molecule has 0 amide bonds. The van der Waals surface area contributed by atoms with E-state index in [1.165, 1.54) is 0 Å². The average Bonchev–Trinajstić information content (AvgIpc) is 2.57. The molecule has 0 aliphatic heterocycles. The van der Waals surface area contributed by atoms with Gasteiger partial charge in [0.15, 0.2) is 0 Å². The number of phenolic OH excluding ortho intramolecular Hbond substituents is 1. The minimum Gasteiger partial charge on any atom is -0.507 e. The number of rotatable bonds is 3. The number of aliphatic imine (C=N–C) groups is 1. The Labute approximate surface area is 130 Å². The normalized spacial score (nSPS) is 11.7. The number of benzene rings is 3. The van der Waals surface area contributed by atoms with Gasteiger partial charge in [-0.15, -0.1) is 0 Å². The van der Waals surface area contributed by atoms with E-state index in [1.54, 1.807) is 6.21 Å². The summed E-state index contributed by atoms with van der Waals surface area (Å²) in [6.07, 6.45) is 5.46. The Kier molecular flexibility index (Phi) is 4.01. The Bertz CT molecular complexity index is 848. The SMILES string of the molecule is Cc1cc(C=CC=Nc2ccccc2)c(O)c2ccccc12. The van der Waals surface area contributed by atoms with Gasteiger partial charge in [-0.2, -0.15) is 0 Å². The second-order valence-corrected chi connectivity index (χ2v) is 5.15. The summed E-state index contributed by atoms with van der Waals surface area (Å²) < 4.78 is 0. The molecule has 0 bridgehead atoms. The summed E-state index contributed by atoms with van der Waals surface area (Å²) >= 11 is 0. The molecule has 0 spiro atoms. The number of fused-ring (bicyclic) bond motifs is 1. The zero-order valence-corrected chi connectivity index (χ0v) is 12.4. The van der Waals surface area contributed by atoms with Crippen LogP contribution >= 0.6 is 0 Å². The molecule has 2 nitrogen and oxygen atoms in total. The number of aromatic hydroxyl groups is 1. The van der Waals surface area contributed by atoms with Crippen LogP contribution in [0.25, 0.3) is 16.8 Å². The van der Waals surface area contributed by atoms with E-state index in [-0.39, 0.29) is 0 Å². The molecule has 0 aliphatic carbocycles. The highest BCUT2D eigenvalue weighted by molar-refractivity contribution is 5.95. The third-order valence-electron chi connectivity index (χ3n) is 3.59. The molecule has 3 aromatic carbocycles. The predicted octanol–water partition coefficient (Wildman–Crippen LogP) is 5.27. The van der Waals surface area contributed by atoms with Crippen molar-refractivity contribution in [3.8, 4) is 5.75 Å². The van der Waals surface area contributed by atoms with Crippen LogP contribution in [0, 0.1) is 6.92 Å². The quantitative estimate of drug-likeness (QED) is 0.654. The van der Waals surface area contributed by atoms with Crippen molar-refractivity contribution in [2.75, 3.05) is 0 Å². The maximum Gasteiger partial charge on any atom is 0.130 e. The highest BCUT2D eigenvalue weighted by Gasteiger charge is 2.06. The number of para-hydroxylation sites is 1. The van der Waals surface area contributed by atoms with E-state index in [4.69, 9.17) is 0 Å². The molecule has 0 aromatic heterocycles. The zero-order valence-electron chi connectivity index (χ0n) is 12.4. The van der Waals surface area contributed by atoms with Gasteiger partial charge in [0.1, 0.15) is 5.75 Å². The third kappa shape index (κ3) is 2.91. The molecule has 3 aromatic rings. The number of hydrogen-bond acceptors (Lipinski definition) is 2. The first kappa shape index (κ1) is 14.1. The van der Waals surface area contributed by atoms with Gasteiger partial charge in [0, 0.05) is 17.2 Å². The molecule has 0 atom stereocenters. The third-order valence-corrected chi connectivity index (χ3v) is 3.59.